The second-order valence-electron chi connectivity index (χ2n) is 4.25. The van der Waals surface area contributed by atoms with Crippen molar-refractivity contribution in [2.24, 2.45) is 0 Å². The first-order valence-electron chi connectivity index (χ1n) is 6.07. The quantitative estimate of drug-likeness (QED) is 0.801. The molecule has 3 rings (SSSR count). The van der Waals surface area contributed by atoms with E-state index in [4.69, 9.17) is 16.1 Å². The zero-order valence-corrected chi connectivity index (χ0v) is 11.2. The number of rotatable bonds is 3. The molecular weight excluding hydrogens is 276 g/mol. The standard InChI is InChI=1S/C15H11ClN2O2/c16-12-9-5-4-8-11(12)14-17-15(20-18-14)13(19)10-6-2-1-3-7-10/h1-9,13,19H. The van der Waals surface area contributed by atoms with Gasteiger partial charge < -0.3 is 9.63 Å². The molecule has 0 radical (unpaired) electrons. The number of benzene rings is 2. The summed E-state index contributed by atoms with van der Waals surface area (Å²) in [5, 5.41) is 14.6. The zero-order chi connectivity index (χ0) is 13.9. The van der Waals surface area contributed by atoms with Crippen molar-refractivity contribution in [2.45, 2.75) is 6.10 Å². The SMILES string of the molecule is OC(c1ccccc1)c1nc(-c2ccccc2Cl)no1. The highest BCUT2D eigenvalue weighted by Gasteiger charge is 2.19. The molecule has 1 atom stereocenters. The van der Waals surface area contributed by atoms with Crippen molar-refractivity contribution < 1.29 is 9.63 Å². The van der Waals surface area contributed by atoms with Crippen LogP contribution in [0.25, 0.3) is 11.4 Å². The summed E-state index contributed by atoms with van der Waals surface area (Å²) in [6.07, 6.45) is -0.945. The van der Waals surface area contributed by atoms with Crippen molar-refractivity contribution in [3.05, 3.63) is 71.1 Å². The van der Waals surface area contributed by atoms with Crippen LogP contribution in [0.15, 0.2) is 59.1 Å². The second kappa shape index (κ2) is 5.45. The highest BCUT2D eigenvalue weighted by Crippen LogP contribution is 2.27. The number of nitrogens with zero attached hydrogens (tertiary/aromatic N) is 2. The fourth-order valence-electron chi connectivity index (χ4n) is 1.88. The smallest absolute Gasteiger partial charge is 0.260 e. The van der Waals surface area contributed by atoms with Gasteiger partial charge in [0.2, 0.25) is 5.82 Å². The predicted octanol–water partition coefficient (Wildman–Crippen LogP) is 3.47. The molecule has 2 aromatic carbocycles. The highest BCUT2D eigenvalue weighted by atomic mass is 35.5. The summed E-state index contributed by atoms with van der Waals surface area (Å²) in [7, 11) is 0. The Morgan fingerprint density at radius 3 is 2.45 bits per heavy atom. The maximum atomic E-state index is 10.2. The Balaban J connectivity index is 1.93. The first-order valence-corrected chi connectivity index (χ1v) is 6.45. The Bertz CT molecular complexity index is 713. The van der Waals surface area contributed by atoms with Crippen molar-refractivity contribution in [3.8, 4) is 11.4 Å². The Labute approximate surface area is 120 Å². The number of aliphatic hydroxyl groups excluding tert-OH is 1. The van der Waals surface area contributed by atoms with Crippen LogP contribution in [0.1, 0.15) is 17.6 Å². The molecular formula is C15H11ClN2O2. The van der Waals surface area contributed by atoms with Crippen LogP contribution in [0, 0.1) is 0 Å². The molecule has 1 unspecified atom stereocenters. The topological polar surface area (TPSA) is 59.2 Å². The number of halogens is 1. The predicted molar refractivity (Wildman–Crippen MR) is 75.2 cm³/mol. The van der Waals surface area contributed by atoms with Crippen molar-refractivity contribution >= 4 is 11.6 Å². The molecule has 4 nitrogen and oxygen atoms in total. The van der Waals surface area contributed by atoms with E-state index in [0.717, 1.165) is 0 Å². The summed E-state index contributed by atoms with van der Waals surface area (Å²) < 4.78 is 5.12. The molecule has 0 aliphatic heterocycles. The molecule has 5 heteroatoms. The van der Waals surface area contributed by atoms with E-state index in [1.165, 1.54) is 0 Å². The third-order valence-electron chi connectivity index (χ3n) is 2.91. The fraction of sp³-hybridized carbons (Fsp3) is 0.0667. The second-order valence-corrected chi connectivity index (χ2v) is 4.66. The molecule has 0 bridgehead atoms. The molecule has 0 aliphatic rings. The monoisotopic (exact) mass is 286 g/mol. The molecule has 0 fully saturated rings. The molecule has 20 heavy (non-hydrogen) atoms. The maximum absolute atomic E-state index is 10.2. The Morgan fingerprint density at radius 1 is 1.00 bits per heavy atom. The Hall–Kier alpha value is -2.17. The largest absolute Gasteiger partial charge is 0.378 e. The van der Waals surface area contributed by atoms with Gasteiger partial charge in [0.25, 0.3) is 5.89 Å². The van der Waals surface area contributed by atoms with Gasteiger partial charge in [-0.05, 0) is 17.7 Å². The van der Waals surface area contributed by atoms with Gasteiger partial charge in [0.05, 0.1) is 5.02 Å². The molecule has 1 heterocycles. The first kappa shape index (κ1) is 12.8. The minimum atomic E-state index is -0.945. The lowest BCUT2D eigenvalue weighted by Gasteiger charge is -2.04. The molecule has 0 spiro atoms. The summed E-state index contributed by atoms with van der Waals surface area (Å²) in [4.78, 5) is 4.21. The van der Waals surface area contributed by atoms with E-state index in [-0.39, 0.29) is 5.89 Å². The van der Waals surface area contributed by atoms with Crippen molar-refractivity contribution in [3.63, 3.8) is 0 Å². The Kier molecular flexibility index (Phi) is 3.50. The number of hydrogen-bond donors (Lipinski definition) is 1. The van der Waals surface area contributed by atoms with E-state index in [1.54, 1.807) is 24.3 Å². The molecule has 3 aromatic rings. The summed E-state index contributed by atoms with van der Waals surface area (Å²) in [6, 6.07) is 16.4. The number of hydrogen-bond acceptors (Lipinski definition) is 4. The van der Waals surface area contributed by atoms with Gasteiger partial charge in [0.1, 0.15) is 0 Å². The van der Waals surface area contributed by atoms with Gasteiger partial charge in [0.15, 0.2) is 6.10 Å². The van der Waals surface area contributed by atoms with E-state index < -0.39 is 6.10 Å². The summed E-state index contributed by atoms with van der Waals surface area (Å²) >= 11 is 6.08. The highest BCUT2D eigenvalue weighted by molar-refractivity contribution is 6.33. The summed E-state index contributed by atoms with van der Waals surface area (Å²) in [5.41, 5.74) is 1.37. The van der Waals surface area contributed by atoms with Crippen molar-refractivity contribution in [1.82, 2.24) is 10.1 Å². The van der Waals surface area contributed by atoms with Gasteiger partial charge in [-0.2, -0.15) is 4.98 Å². The minimum absolute atomic E-state index is 0.145. The van der Waals surface area contributed by atoms with Gasteiger partial charge in [-0.15, -0.1) is 0 Å². The molecule has 0 saturated heterocycles. The third-order valence-corrected chi connectivity index (χ3v) is 3.24. The van der Waals surface area contributed by atoms with Crippen LogP contribution >= 0.6 is 11.6 Å². The van der Waals surface area contributed by atoms with Crippen LogP contribution < -0.4 is 0 Å². The molecule has 100 valence electrons. The van der Waals surface area contributed by atoms with Crippen LogP contribution in [-0.4, -0.2) is 15.2 Å². The van der Waals surface area contributed by atoms with E-state index in [1.807, 2.05) is 30.3 Å². The molecule has 0 amide bonds. The van der Waals surface area contributed by atoms with E-state index in [9.17, 15) is 5.11 Å². The summed E-state index contributed by atoms with van der Waals surface area (Å²) in [6.45, 7) is 0. The van der Waals surface area contributed by atoms with Crippen molar-refractivity contribution in [1.29, 1.82) is 0 Å². The first-order chi connectivity index (χ1) is 9.75. The average Bonchev–Trinajstić information content (AvgIpc) is 2.97. The molecule has 1 aromatic heterocycles. The van der Waals surface area contributed by atoms with Crippen LogP contribution in [0.3, 0.4) is 0 Å². The van der Waals surface area contributed by atoms with E-state index in [2.05, 4.69) is 10.1 Å². The molecule has 1 N–H and O–H groups in total. The van der Waals surface area contributed by atoms with Crippen LogP contribution in [-0.2, 0) is 0 Å². The van der Waals surface area contributed by atoms with Gasteiger partial charge in [-0.1, -0.05) is 59.2 Å². The number of aliphatic hydroxyl groups is 1. The molecule has 0 saturated carbocycles. The normalized spacial score (nSPS) is 12.3. The van der Waals surface area contributed by atoms with Crippen molar-refractivity contribution in [2.75, 3.05) is 0 Å². The lowest BCUT2D eigenvalue weighted by atomic mass is 10.1. The fourth-order valence-corrected chi connectivity index (χ4v) is 2.10. The van der Waals surface area contributed by atoms with Gasteiger partial charge in [-0.25, -0.2) is 0 Å². The average molecular weight is 287 g/mol. The molecule has 0 aliphatic carbocycles. The number of aromatic nitrogens is 2. The maximum Gasteiger partial charge on any atom is 0.260 e. The zero-order valence-electron chi connectivity index (χ0n) is 10.4. The van der Waals surface area contributed by atoms with Crippen LogP contribution in [0.2, 0.25) is 5.02 Å². The van der Waals surface area contributed by atoms with Gasteiger partial charge >= 0.3 is 0 Å². The lowest BCUT2D eigenvalue weighted by Crippen LogP contribution is -1.99. The van der Waals surface area contributed by atoms with E-state index >= 15 is 0 Å². The van der Waals surface area contributed by atoms with Crippen LogP contribution in [0.4, 0.5) is 0 Å². The van der Waals surface area contributed by atoms with Gasteiger partial charge in [-0.3, -0.25) is 0 Å². The van der Waals surface area contributed by atoms with Gasteiger partial charge in [0, 0.05) is 5.56 Å². The Morgan fingerprint density at radius 2 is 1.70 bits per heavy atom. The van der Waals surface area contributed by atoms with Crippen LogP contribution in [0.5, 0.6) is 0 Å². The van der Waals surface area contributed by atoms with E-state index in [0.29, 0.717) is 22.0 Å². The lowest BCUT2D eigenvalue weighted by molar-refractivity contribution is 0.170. The summed E-state index contributed by atoms with van der Waals surface area (Å²) in [5.74, 6) is 0.506. The minimum Gasteiger partial charge on any atom is -0.378 e. The third kappa shape index (κ3) is 2.43.